The van der Waals surface area contributed by atoms with Gasteiger partial charge in [0.1, 0.15) is 5.58 Å². The molecule has 0 aliphatic rings. The fourth-order valence-corrected chi connectivity index (χ4v) is 3.36. The minimum Gasteiger partial charge on any atom is -0.502 e. The Bertz CT molecular complexity index is 1040. The van der Waals surface area contributed by atoms with Crippen molar-refractivity contribution >= 4 is 11.0 Å². The number of ether oxygens (including phenoxy) is 2. The minimum absolute atomic E-state index is 0.00207. The second-order valence-corrected chi connectivity index (χ2v) is 6.98. The maximum atomic E-state index is 12.7. The Morgan fingerprint density at radius 3 is 2.24 bits per heavy atom. The first kappa shape index (κ1) is 20.6. The van der Waals surface area contributed by atoms with E-state index in [2.05, 4.69) is 6.92 Å². The molecule has 0 amide bonds. The number of unbranched alkanes of at least 4 members (excludes halogenated alkanes) is 3. The number of phenols is 1. The molecule has 6 nitrogen and oxygen atoms in total. The average Bonchev–Trinajstić information content (AvgIpc) is 2.74. The van der Waals surface area contributed by atoms with Crippen molar-refractivity contribution in [3.05, 3.63) is 46.1 Å². The number of methoxy groups -OCH3 is 2. The lowest BCUT2D eigenvalue weighted by Crippen LogP contribution is -2.03. The Balaban J connectivity index is 2.08. The van der Waals surface area contributed by atoms with E-state index in [1.807, 2.05) is 12.1 Å². The summed E-state index contributed by atoms with van der Waals surface area (Å²) in [4.78, 5) is 12.7. The van der Waals surface area contributed by atoms with Crippen LogP contribution in [0.1, 0.15) is 38.2 Å². The molecule has 0 aliphatic carbocycles. The van der Waals surface area contributed by atoms with E-state index < -0.39 is 11.2 Å². The van der Waals surface area contributed by atoms with Crippen LogP contribution in [0.4, 0.5) is 0 Å². The van der Waals surface area contributed by atoms with Gasteiger partial charge in [0.25, 0.3) is 0 Å². The number of hydrogen-bond donors (Lipinski definition) is 2. The van der Waals surface area contributed by atoms with Gasteiger partial charge in [0.15, 0.2) is 17.3 Å². The second kappa shape index (κ2) is 8.90. The quantitative estimate of drug-likeness (QED) is 0.519. The van der Waals surface area contributed by atoms with Crippen molar-refractivity contribution in [3.63, 3.8) is 0 Å². The summed E-state index contributed by atoms with van der Waals surface area (Å²) < 4.78 is 16.2. The number of benzene rings is 2. The molecule has 2 aromatic carbocycles. The van der Waals surface area contributed by atoms with Gasteiger partial charge >= 0.3 is 0 Å². The molecule has 0 unspecified atom stereocenters. The van der Waals surface area contributed by atoms with Crippen LogP contribution in [0.3, 0.4) is 0 Å². The zero-order valence-electron chi connectivity index (χ0n) is 16.9. The lowest BCUT2D eigenvalue weighted by atomic mass is 10.0. The van der Waals surface area contributed by atoms with Gasteiger partial charge in [-0.25, -0.2) is 0 Å². The molecular formula is C23H26O6. The second-order valence-electron chi connectivity index (χ2n) is 6.98. The molecule has 0 saturated carbocycles. The summed E-state index contributed by atoms with van der Waals surface area (Å²) in [6.45, 7) is 2.17. The predicted molar refractivity (Wildman–Crippen MR) is 112 cm³/mol. The molecular weight excluding hydrogens is 372 g/mol. The molecule has 29 heavy (non-hydrogen) atoms. The van der Waals surface area contributed by atoms with Crippen LogP contribution in [0.15, 0.2) is 39.5 Å². The minimum atomic E-state index is -0.509. The summed E-state index contributed by atoms with van der Waals surface area (Å²) in [5, 5.41) is 20.9. The van der Waals surface area contributed by atoms with Crippen LogP contribution in [-0.2, 0) is 6.42 Å². The highest BCUT2D eigenvalue weighted by Crippen LogP contribution is 2.42. The molecule has 154 valence electrons. The Morgan fingerprint density at radius 2 is 1.62 bits per heavy atom. The van der Waals surface area contributed by atoms with E-state index in [-0.39, 0.29) is 23.0 Å². The standard InChI is InChI=1S/C23H26O6/c1-4-5-6-7-8-14-9-10-16-17(11-14)29-23(22(26)20(16)24)15-12-18(27-2)21(25)19(13-15)28-3/h9-13,25-26H,4-8H2,1-3H3. The zero-order chi connectivity index (χ0) is 21.0. The molecule has 2 N–H and O–H groups in total. The first-order valence-electron chi connectivity index (χ1n) is 9.74. The summed E-state index contributed by atoms with van der Waals surface area (Å²) in [6, 6.07) is 8.40. The monoisotopic (exact) mass is 398 g/mol. The highest BCUT2D eigenvalue weighted by molar-refractivity contribution is 5.83. The van der Waals surface area contributed by atoms with Crippen LogP contribution in [0.25, 0.3) is 22.3 Å². The lowest BCUT2D eigenvalue weighted by molar-refractivity contribution is 0.340. The third-order valence-electron chi connectivity index (χ3n) is 4.99. The smallest absolute Gasteiger partial charge is 0.235 e. The number of aromatic hydroxyl groups is 2. The maximum absolute atomic E-state index is 12.7. The van der Waals surface area contributed by atoms with Gasteiger partial charge in [-0.05, 0) is 42.7 Å². The summed E-state index contributed by atoms with van der Waals surface area (Å²) in [5.41, 5.74) is 1.34. The number of phenolic OH excluding ortho intramolecular Hbond substituents is 1. The summed E-state index contributed by atoms with van der Waals surface area (Å²) >= 11 is 0. The first-order chi connectivity index (χ1) is 14.0. The van der Waals surface area contributed by atoms with E-state index in [1.165, 1.54) is 39.2 Å². The van der Waals surface area contributed by atoms with Crippen LogP contribution < -0.4 is 14.9 Å². The Kier molecular flexibility index (Phi) is 6.32. The first-order valence-corrected chi connectivity index (χ1v) is 9.74. The Hall–Kier alpha value is -3.15. The van der Waals surface area contributed by atoms with Gasteiger partial charge < -0.3 is 24.1 Å². The van der Waals surface area contributed by atoms with Gasteiger partial charge in [0.05, 0.1) is 19.6 Å². The summed E-state index contributed by atoms with van der Waals surface area (Å²) in [7, 11) is 2.80. The molecule has 0 atom stereocenters. The van der Waals surface area contributed by atoms with Crippen molar-refractivity contribution in [2.45, 2.75) is 39.0 Å². The summed E-state index contributed by atoms with van der Waals surface area (Å²) in [6.07, 6.45) is 5.50. The molecule has 3 aromatic rings. The van der Waals surface area contributed by atoms with Gasteiger partial charge in [0.2, 0.25) is 16.9 Å². The SMILES string of the molecule is CCCCCCc1ccc2c(=O)c(O)c(-c3cc(OC)c(O)c(OC)c3)oc2c1. The van der Waals surface area contributed by atoms with E-state index in [4.69, 9.17) is 13.9 Å². The largest absolute Gasteiger partial charge is 0.502 e. The molecule has 3 rings (SSSR count). The molecule has 0 aliphatic heterocycles. The van der Waals surface area contributed by atoms with E-state index in [0.29, 0.717) is 16.5 Å². The predicted octanol–water partition coefficient (Wildman–Crippen LogP) is 5.01. The van der Waals surface area contributed by atoms with Crippen LogP contribution in [0.2, 0.25) is 0 Å². The van der Waals surface area contributed by atoms with Crippen LogP contribution in [-0.4, -0.2) is 24.4 Å². The van der Waals surface area contributed by atoms with Gasteiger partial charge in [-0.3, -0.25) is 4.79 Å². The molecule has 0 saturated heterocycles. The van der Waals surface area contributed by atoms with Crippen molar-refractivity contribution in [1.82, 2.24) is 0 Å². The Labute approximate surface area is 169 Å². The van der Waals surface area contributed by atoms with E-state index in [1.54, 1.807) is 6.07 Å². The number of fused-ring (bicyclic) bond motifs is 1. The normalized spacial score (nSPS) is 11.0. The van der Waals surface area contributed by atoms with Gasteiger partial charge in [-0.15, -0.1) is 0 Å². The molecule has 0 bridgehead atoms. The van der Waals surface area contributed by atoms with Crippen molar-refractivity contribution in [1.29, 1.82) is 0 Å². The van der Waals surface area contributed by atoms with Crippen molar-refractivity contribution < 1.29 is 24.1 Å². The number of rotatable bonds is 8. The fraction of sp³-hybridized carbons (Fsp3) is 0.348. The van der Waals surface area contributed by atoms with Gasteiger partial charge in [-0.2, -0.15) is 0 Å². The van der Waals surface area contributed by atoms with Crippen LogP contribution in [0.5, 0.6) is 23.0 Å². The molecule has 6 heteroatoms. The van der Waals surface area contributed by atoms with Gasteiger partial charge in [-0.1, -0.05) is 32.3 Å². The van der Waals surface area contributed by atoms with Crippen molar-refractivity contribution in [2.75, 3.05) is 14.2 Å². The zero-order valence-corrected chi connectivity index (χ0v) is 16.9. The summed E-state index contributed by atoms with van der Waals surface area (Å²) in [5.74, 6) is -0.377. The molecule has 0 fully saturated rings. The van der Waals surface area contributed by atoms with Crippen molar-refractivity contribution in [3.8, 4) is 34.3 Å². The Morgan fingerprint density at radius 1 is 0.931 bits per heavy atom. The maximum Gasteiger partial charge on any atom is 0.235 e. The number of hydrogen-bond acceptors (Lipinski definition) is 6. The highest BCUT2D eigenvalue weighted by atomic mass is 16.5. The van der Waals surface area contributed by atoms with Crippen molar-refractivity contribution in [2.24, 2.45) is 0 Å². The molecule has 0 radical (unpaired) electrons. The fourth-order valence-electron chi connectivity index (χ4n) is 3.36. The van der Waals surface area contributed by atoms with Gasteiger partial charge in [0, 0.05) is 5.56 Å². The third-order valence-corrected chi connectivity index (χ3v) is 4.99. The van der Waals surface area contributed by atoms with Crippen LogP contribution in [0, 0.1) is 0 Å². The van der Waals surface area contributed by atoms with E-state index in [0.717, 1.165) is 24.8 Å². The third kappa shape index (κ3) is 4.16. The molecule has 0 spiro atoms. The average molecular weight is 398 g/mol. The topological polar surface area (TPSA) is 89.1 Å². The van der Waals surface area contributed by atoms with Crippen LogP contribution >= 0.6 is 0 Å². The van der Waals surface area contributed by atoms with E-state index >= 15 is 0 Å². The molecule has 1 aromatic heterocycles. The molecule has 1 heterocycles. The number of aryl methyl sites for hydroxylation is 1. The van der Waals surface area contributed by atoms with E-state index in [9.17, 15) is 15.0 Å². The highest BCUT2D eigenvalue weighted by Gasteiger charge is 2.20. The lowest BCUT2D eigenvalue weighted by Gasteiger charge is -2.12.